The van der Waals surface area contributed by atoms with Gasteiger partial charge in [0.2, 0.25) is 5.91 Å². The summed E-state index contributed by atoms with van der Waals surface area (Å²) in [6.07, 6.45) is -0.201. The van der Waals surface area contributed by atoms with Crippen LogP contribution in [0.25, 0.3) is 0 Å². The van der Waals surface area contributed by atoms with E-state index in [4.69, 9.17) is 28.6 Å². The molecule has 1 saturated heterocycles. The Balaban J connectivity index is 1.75. The van der Waals surface area contributed by atoms with Crippen LogP contribution in [0.4, 0.5) is 5.69 Å². The minimum Gasteiger partial charge on any atom is -0.497 e. The van der Waals surface area contributed by atoms with Gasteiger partial charge in [-0.25, -0.2) is 5.01 Å². The summed E-state index contributed by atoms with van der Waals surface area (Å²) in [5.41, 5.74) is 3.52. The number of ether oxygens (including phenoxy) is 1. The van der Waals surface area contributed by atoms with Crippen LogP contribution in [0.3, 0.4) is 0 Å². The van der Waals surface area contributed by atoms with Gasteiger partial charge in [-0.1, -0.05) is 17.7 Å². The van der Waals surface area contributed by atoms with E-state index in [1.807, 2.05) is 0 Å². The van der Waals surface area contributed by atoms with E-state index in [1.165, 1.54) is 17.0 Å². The maximum Gasteiger partial charge on any atom is 0.269 e. The predicted octanol–water partition coefficient (Wildman–Crippen LogP) is 2.84. The summed E-state index contributed by atoms with van der Waals surface area (Å²) in [4.78, 5) is 39.5. The first-order valence-corrected chi connectivity index (χ1v) is 10.3. The number of methoxy groups -OCH3 is 1. The van der Waals surface area contributed by atoms with Crippen LogP contribution in [0.5, 0.6) is 5.75 Å². The third-order valence-electron chi connectivity index (χ3n) is 4.68. The fraction of sp³-hybridized carbons (Fsp3) is 0.238. The Morgan fingerprint density at radius 3 is 2.55 bits per heavy atom. The lowest BCUT2D eigenvalue weighted by molar-refractivity contribution is -0.130. The molecular formula is C21H21ClN4O4S. The highest BCUT2D eigenvalue weighted by Crippen LogP contribution is 2.21. The first-order chi connectivity index (χ1) is 14.8. The van der Waals surface area contributed by atoms with Crippen LogP contribution in [-0.4, -0.2) is 52.4 Å². The summed E-state index contributed by atoms with van der Waals surface area (Å²) >= 11 is 11.2. The van der Waals surface area contributed by atoms with E-state index in [9.17, 15) is 14.4 Å². The molecule has 31 heavy (non-hydrogen) atoms. The zero-order valence-corrected chi connectivity index (χ0v) is 18.5. The third kappa shape index (κ3) is 5.12. The van der Waals surface area contributed by atoms with Gasteiger partial charge in [0.15, 0.2) is 5.11 Å². The lowest BCUT2D eigenvalue weighted by atomic mass is 10.1. The number of likely N-dealkylation sites (N-methyl/N-ethyl adjacent to an activating group) is 1. The van der Waals surface area contributed by atoms with Gasteiger partial charge in [-0.15, -0.1) is 0 Å². The van der Waals surface area contributed by atoms with E-state index >= 15 is 0 Å². The number of carbonyl (C=O) groups excluding carboxylic acids is 3. The summed E-state index contributed by atoms with van der Waals surface area (Å²) in [5.74, 6) is -0.643. The lowest BCUT2D eigenvalue weighted by Crippen LogP contribution is -2.49. The molecule has 1 fully saturated rings. The van der Waals surface area contributed by atoms with Crippen LogP contribution >= 0.6 is 23.8 Å². The average Bonchev–Trinajstić information content (AvgIpc) is 2.97. The number of anilines is 1. The number of amides is 3. The molecule has 0 saturated carbocycles. The molecule has 0 bridgehead atoms. The van der Waals surface area contributed by atoms with Crippen molar-refractivity contribution in [2.45, 2.75) is 19.4 Å². The van der Waals surface area contributed by atoms with Crippen molar-refractivity contribution in [3.63, 3.8) is 0 Å². The van der Waals surface area contributed by atoms with Crippen LogP contribution < -0.4 is 15.5 Å². The molecule has 8 nitrogen and oxygen atoms in total. The van der Waals surface area contributed by atoms with Gasteiger partial charge in [0.1, 0.15) is 11.8 Å². The van der Waals surface area contributed by atoms with Crippen molar-refractivity contribution >= 4 is 52.3 Å². The van der Waals surface area contributed by atoms with Crippen molar-refractivity contribution in [2.24, 2.45) is 0 Å². The quantitative estimate of drug-likeness (QED) is 0.617. The minimum atomic E-state index is -0.964. The van der Waals surface area contributed by atoms with Gasteiger partial charge in [0.25, 0.3) is 11.8 Å². The Kier molecular flexibility index (Phi) is 7.09. The highest BCUT2D eigenvalue weighted by molar-refractivity contribution is 7.80. The van der Waals surface area contributed by atoms with Gasteiger partial charge in [-0.3, -0.25) is 24.7 Å². The number of rotatable bonds is 7. The SMILES string of the molecule is CCN1C(=O)[C@@H](CC(=O)Nc2cccc(OC)c2)N(NC(=O)c2ccc(Cl)cc2)C1=S. The maximum atomic E-state index is 12.8. The van der Waals surface area contributed by atoms with Crippen LogP contribution in [0.15, 0.2) is 48.5 Å². The van der Waals surface area contributed by atoms with Crippen LogP contribution in [0.1, 0.15) is 23.7 Å². The lowest BCUT2D eigenvalue weighted by Gasteiger charge is -2.24. The minimum absolute atomic E-state index is 0.133. The van der Waals surface area contributed by atoms with Gasteiger partial charge in [-0.05, 0) is 55.5 Å². The molecule has 1 aliphatic rings. The number of thiocarbonyl (C=S) groups is 1. The summed E-state index contributed by atoms with van der Waals surface area (Å²) < 4.78 is 5.15. The van der Waals surface area contributed by atoms with E-state index in [0.29, 0.717) is 28.6 Å². The van der Waals surface area contributed by atoms with Crippen molar-refractivity contribution in [3.05, 3.63) is 59.1 Å². The number of halogens is 1. The van der Waals surface area contributed by atoms with E-state index in [1.54, 1.807) is 55.5 Å². The molecule has 2 aromatic carbocycles. The maximum absolute atomic E-state index is 12.8. The number of carbonyl (C=O) groups is 3. The van der Waals surface area contributed by atoms with Crippen LogP contribution in [0, 0.1) is 0 Å². The molecule has 0 aliphatic carbocycles. The second kappa shape index (κ2) is 9.76. The average molecular weight is 461 g/mol. The molecule has 2 N–H and O–H groups in total. The monoisotopic (exact) mass is 460 g/mol. The fourth-order valence-electron chi connectivity index (χ4n) is 3.11. The van der Waals surface area contributed by atoms with Gasteiger partial charge in [-0.2, -0.15) is 0 Å². The molecule has 2 aromatic rings. The number of nitrogens with zero attached hydrogens (tertiary/aromatic N) is 2. The molecule has 3 amide bonds. The number of nitrogens with one attached hydrogen (secondary N) is 2. The van der Waals surface area contributed by atoms with Crippen molar-refractivity contribution in [1.29, 1.82) is 0 Å². The van der Waals surface area contributed by atoms with E-state index in [2.05, 4.69) is 10.7 Å². The summed E-state index contributed by atoms with van der Waals surface area (Å²) in [7, 11) is 1.53. The second-order valence-electron chi connectivity index (χ2n) is 6.68. The van der Waals surface area contributed by atoms with Crippen LogP contribution in [-0.2, 0) is 9.59 Å². The first-order valence-electron chi connectivity index (χ1n) is 9.49. The van der Waals surface area contributed by atoms with Crippen molar-refractivity contribution in [3.8, 4) is 5.75 Å². The highest BCUT2D eigenvalue weighted by atomic mass is 35.5. The zero-order valence-electron chi connectivity index (χ0n) is 16.9. The molecule has 0 unspecified atom stereocenters. The van der Waals surface area contributed by atoms with Gasteiger partial charge >= 0.3 is 0 Å². The fourth-order valence-corrected chi connectivity index (χ4v) is 3.62. The molecule has 1 heterocycles. The van der Waals surface area contributed by atoms with E-state index in [0.717, 1.165) is 0 Å². The molecule has 0 spiro atoms. The molecule has 0 radical (unpaired) electrons. The molecule has 10 heteroatoms. The number of hydrogen-bond acceptors (Lipinski definition) is 5. The Labute approximate surface area is 190 Å². The normalized spacial score (nSPS) is 15.8. The second-order valence-corrected chi connectivity index (χ2v) is 7.48. The third-order valence-corrected chi connectivity index (χ3v) is 5.35. The number of hydrazine groups is 1. The smallest absolute Gasteiger partial charge is 0.269 e. The van der Waals surface area contributed by atoms with Gasteiger partial charge in [0.05, 0.1) is 13.5 Å². The first kappa shape index (κ1) is 22.5. The Bertz CT molecular complexity index is 1010. The summed E-state index contributed by atoms with van der Waals surface area (Å²) in [6, 6.07) is 12.2. The number of benzene rings is 2. The van der Waals surface area contributed by atoms with E-state index < -0.39 is 17.9 Å². The predicted molar refractivity (Wildman–Crippen MR) is 121 cm³/mol. The van der Waals surface area contributed by atoms with Crippen molar-refractivity contribution in [1.82, 2.24) is 15.3 Å². The molecule has 162 valence electrons. The van der Waals surface area contributed by atoms with Crippen molar-refractivity contribution in [2.75, 3.05) is 19.0 Å². The van der Waals surface area contributed by atoms with E-state index in [-0.39, 0.29) is 17.4 Å². The highest BCUT2D eigenvalue weighted by Gasteiger charge is 2.43. The Morgan fingerprint density at radius 2 is 1.90 bits per heavy atom. The molecule has 1 atom stereocenters. The molecular weight excluding hydrogens is 440 g/mol. The Morgan fingerprint density at radius 1 is 1.19 bits per heavy atom. The summed E-state index contributed by atoms with van der Waals surface area (Å²) in [6.45, 7) is 2.08. The largest absolute Gasteiger partial charge is 0.497 e. The summed E-state index contributed by atoms with van der Waals surface area (Å²) in [5, 5.41) is 4.63. The Hall–Kier alpha value is -3.17. The topological polar surface area (TPSA) is 91.0 Å². The van der Waals surface area contributed by atoms with Gasteiger partial charge < -0.3 is 10.1 Å². The van der Waals surface area contributed by atoms with Crippen molar-refractivity contribution < 1.29 is 19.1 Å². The standard InChI is InChI=1S/C21H21ClN4O4S/c1-3-25-20(29)17(12-18(27)23-15-5-4-6-16(11-15)30-2)26(21(25)31)24-19(28)13-7-9-14(22)10-8-13/h4-11,17H,3,12H2,1-2H3,(H,23,27)(H,24,28)/t17-/m1/s1. The van der Waals surface area contributed by atoms with Crippen LogP contribution in [0.2, 0.25) is 5.02 Å². The molecule has 1 aliphatic heterocycles. The zero-order chi connectivity index (χ0) is 22.5. The number of hydrogen-bond donors (Lipinski definition) is 2. The molecule has 3 rings (SSSR count). The molecule has 0 aromatic heterocycles. The van der Waals surface area contributed by atoms with Gasteiger partial charge in [0, 0.05) is 28.9 Å².